The highest BCUT2D eigenvalue weighted by molar-refractivity contribution is 6.30. The summed E-state index contributed by atoms with van der Waals surface area (Å²) in [7, 11) is 0. The summed E-state index contributed by atoms with van der Waals surface area (Å²) in [5.74, 6) is 1.57. The maximum atomic E-state index is 12.1. The number of hydrogen-bond donors (Lipinski definition) is 1. The first-order valence-electron chi connectivity index (χ1n) is 8.74. The van der Waals surface area contributed by atoms with Crippen LogP contribution in [0.2, 0.25) is 5.02 Å². The van der Waals surface area contributed by atoms with Crippen molar-refractivity contribution in [2.24, 2.45) is 0 Å². The summed E-state index contributed by atoms with van der Waals surface area (Å²) >= 11 is 5.96. The van der Waals surface area contributed by atoms with E-state index in [2.05, 4.69) is 25.7 Å². The molecule has 0 radical (unpaired) electrons. The van der Waals surface area contributed by atoms with Crippen molar-refractivity contribution in [1.82, 2.24) is 30.1 Å². The maximum Gasteiger partial charge on any atom is 0.258 e. The van der Waals surface area contributed by atoms with Gasteiger partial charge in [-0.2, -0.15) is 4.98 Å². The van der Waals surface area contributed by atoms with Gasteiger partial charge in [0.2, 0.25) is 5.91 Å². The monoisotopic (exact) mass is 396 g/mol. The molecule has 1 aromatic carbocycles. The Labute approximate surface area is 165 Å². The molecule has 0 aliphatic rings. The van der Waals surface area contributed by atoms with Gasteiger partial charge in [0.15, 0.2) is 17.3 Å². The van der Waals surface area contributed by atoms with E-state index in [-0.39, 0.29) is 12.5 Å². The minimum atomic E-state index is -0.0605. The molecule has 3 aromatic heterocycles. The third kappa shape index (κ3) is 4.01. The van der Waals surface area contributed by atoms with Gasteiger partial charge in [-0.1, -0.05) is 28.9 Å². The fraction of sp³-hybridized carbons (Fsp3) is 0.211. The van der Waals surface area contributed by atoms with Gasteiger partial charge in [0, 0.05) is 23.2 Å². The van der Waals surface area contributed by atoms with Crippen molar-refractivity contribution in [3.8, 4) is 11.5 Å². The van der Waals surface area contributed by atoms with Gasteiger partial charge < -0.3 is 9.84 Å². The van der Waals surface area contributed by atoms with Crippen LogP contribution in [0.3, 0.4) is 0 Å². The molecule has 3 heterocycles. The zero-order chi connectivity index (χ0) is 19.5. The molecule has 1 N–H and O–H groups in total. The second kappa shape index (κ2) is 7.77. The van der Waals surface area contributed by atoms with Gasteiger partial charge in [-0.3, -0.25) is 9.20 Å². The van der Waals surface area contributed by atoms with Crippen LogP contribution in [-0.4, -0.2) is 30.6 Å². The number of carbonyl (C=O) groups excluding carboxylic acids is 1. The highest BCUT2D eigenvalue weighted by atomic mass is 35.5. The summed E-state index contributed by atoms with van der Waals surface area (Å²) < 4.78 is 6.98. The fourth-order valence-corrected chi connectivity index (χ4v) is 3.04. The van der Waals surface area contributed by atoms with Crippen molar-refractivity contribution in [1.29, 1.82) is 0 Å². The number of pyridine rings is 1. The molecule has 4 aromatic rings. The summed E-state index contributed by atoms with van der Waals surface area (Å²) in [6, 6.07) is 11.2. The van der Waals surface area contributed by atoms with Gasteiger partial charge >= 0.3 is 0 Å². The SMILES string of the molecule is Cc1noc(-c2ccn3c(CNC(=O)CCc4cccc(Cl)c4)nnc3c2)n1. The van der Waals surface area contributed by atoms with E-state index in [9.17, 15) is 4.79 Å². The smallest absolute Gasteiger partial charge is 0.258 e. The van der Waals surface area contributed by atoms with Crippen LogP contribution in [0.1, 0.15) is 23.6 Å². The molecule has 0 atom stereocenters. The Bertz CT molecular complexity index is 1140. The molecule has 0 fully saturated rings. The van der Waals surface area contributed by atoms with Crippen molar-refractivity contribution in [3.63, 3.8) is 0 Å². The molecule has 1 amide bonds. The average molecular weight is 397 g/mol. The van der Waals surface area contributed by atoms with Crippen LogP contribution >= 0.6 is 11.6 Å². The predicted molar refractivity (Wildman–Crippen MR) is 103 cm³/mol. The lowest BCUT2D eigenvalue weighted by atomic mass is 10.1. The van der Waals surface area contributed by atoms with Crippen LogP contribution in [-0.2, 0) is 17.8 Å². The summed E-state index contributed by atoms with van der Waals surface area (Å²) in [5.41, 5.74) is 2.42. The third-order valence-electron chi connectivity index (χ3n) is 4.23. The van der Waals surface area contributed by atoms with Crippen molar-refractivity contribution in [2.75, 3.05) is 0 Å². The molecule has 0 unspecified atom stereocenters. The third-order valence-corrected chi connectivity index (χ3v) is 4.46. The Kier molecular flexibility index (Phi) is 5.03. The molecule has 0 saturated heterocycles. The predicted octanol–water partition coefficient (Wildman–Crippen LogP) is 2.99. The molecule has 0 bridgehead atoms. The normalized spacial score (nSPS) is 11.1. The van der Waals surface area contributed by atoms with Crippen molar-refractivity contribution in [2.45, 2.75) is 26.3 Å². The first-order chi connectivity index (χ1) is 13.6. The lowest BCUT2D eigenvalue weighted by Crippen LogP contribution is -2.24. The number of aryl methyl sites for hydroxylation is 2. The van der Waals surface area contributed by atoms with Crippen LogP contribution in [0.25, 0.3) is 17.1 Å². The number of carbonyl (C=O) groups is 1. The second-order valence-corrected chi connectivity index (χ2v) is 6.75. The number of amides is 1. The maximum absolute atomic E-state index is 12.1. The standard InChI is InChI=1S/C19H17ClN6O2/c1-12-22-19(28-25-12)14-7-8-26-16(10-14)23-24-17(26)11-21-18(27)6-5-13-3-2-4-15(20)9-13/h2-4,7-10H,5-6,11H2,1H3,(H,21,27). The van der Waals surface area contributed by atoms with E-state index in [1.807, 2.05) is 47.0 Å². The second-order valence-electron chi connectivity index (χ2n) is 6.31. The molecular weight excluding hydrogens is 380 g/mol. The van der Waals surface area contributed by atoms with E-state index in [4.69, 9.17) is 16.1 Å². The van der Waals surface area contributed by atoms with Crippen LogP contribution < -0.4 is 5.32 Å². The number of hydrogen-bond acceptors (Lipinski definition) is 6. The van der Waals surface area contributed by atoms with Crippen LogP contribution in [0.4, 0.5) is 0 Å². The lowest BCUT2D eigenvalue weighted by Gasteiger charge is -2.05. The van der Waals surface area contributed by atoms with Crippen molar-refractivity contribution >= 4 is 23.2 Å². The highest BCUT2D eigenvalue weighted by Crippen LogP contribution is 2.19. The van der Waals surface area contributed by atoms with E-state index < -0.39 is 0 Å². The molecule has 0 aliphatic carbocycles. The van der Waals surface area contributed by atoms with Gasteiger partial charge in [-0.05, 0) is 43.2 Å². The quantitative estimate of drug-likeness (QED) is 0.538. The van der Waals surface area contributed by atoms with E-state index in [1.165, 1.54) is 0 Å². The minimum absolute atomic E-state index is 0.0605. The van der Waals surface area contributed by atoms with Crippen LogP contribution in [0.15, 0.2) is 47.1 Å². The number of nitrogens with zero attached hydrogens (tertiary/aromatic N) is 5. The Morgan fingerprint density at radius 3 is 2.93 bits per heavy atom. The Morgan fingerprint density at radius 1 is 1.25 bits per heavy atom. The number of rotatable bonds is 6. The molecule has 4 rings (SSSR count). The fourth-order valence-electron chi connectivity index (χ4n) is 2.82. The first kappa shape index (κ1) is 18.1. The zero-order valence-electron chi connectivity index (χ0n) is 15.1. The topological polar surface area (TPSA) is 98.2 Å². The first-order valence-corrected chi connectivity index (χ1v) is 9.12. The van der Waals surface area contributed by atoms with E-state index in [1.54, 1.807) is 6.92 Å². The largest absolute Gasteiger partial charge is 0.349 e. The lowest BCUT2D eigenvalue weighted by molar-refractivity contribution is -0.121. The molecule has 0 spiro atoms. The van der Waals surface area contributed by atoms with Gasteiger partial charge in [0.1, 0.15) is 0 Å². The highest BCUT2D eigenvalue weighted by Gasteiger charge is 2.11. The van der Waals surface area contributed by atoms with Crippen LogP contribution in [0.5, 0.6) is 0 Å². The van der Waals surface area contributed by atoms with Crippen molar-refractivity contribution < 1.29 is 9.32 Å². The van der Waals surface area contributed by atoms with E-state index >= 15 is 0 Å². The molecule has 142 valence electrons. The number of fused-ring (bicyclic) bond motifs is 1. The summed E-state index contributed by atoms with van der Waals surface area (Å²) in [6.45, 7) is 2.05. The Morgan fingerprint density at radius 2 is 2.14 bits per heavy atom. The number of nitrogens with one attached hydrogen (secondary N) is 1. The van der Waals surface area contributed by atoms with Gasteiger partial charge in [0.25, 0.3) is 5.89 Å². The van der Waals surface area contributed by atoms with Gasteiger partial charge in [0.05, 0.1) is 6.54 Å². The number of benzene rings is 1. The summed E-state index contributed by atoms with van der Waals surface area (Å²) in [4.78, 5) is 16.3. The summed E-state index contributed by atoms with van der Waals surface area (Å²) in [6.07, 6.45) is 2.81. The Balaban J connectivity index is 1.38. The van der Waals surface area contributed by atoms with Gasteiger partial charge in [-0.25, -0.2) is 0 Å². The van der Waals surface area contributed by atoms with Gasteiger partial charge in [-0.15, -0.1) is 10.2 Å². The van der Waals surface area contributed by atoms with Crippen molar-refractivity contribution in [3.05, 3.63) is 64.8 Å². The molecular formula is C19H17ClN6O2. The molecule has 0 saturated carbocycles. The molecule has 28 heavy (non-hydrogen) atoms. The zero-order valence-corrected chi connectivity index (χ0v) is 15.8. The molecule has 8 nitrogen and oxygen atoms in total. The number of aromatic nitrogens is 5. The van der Waals surface area contributed by atoms with E-state index in [0.29, 0.717) is 41.1 Å². The van der Waals surface area contributed by atoms with E-state index in [0.717, 1.165) is 11.1 Å². The summed E-state index contributed by atoms with van der Waals surface area (Å²) in [5, 5.41) is 15.6. The molecule has 9 heteroatoms. The minimum Gasteiger partial charge on any atom is -0.349 e. The Hall–Kier alpha value is -3.26. The number of halogens is 1. The molecule has 0 aliphatic heterocycles. The average Bonchev–Trinajstić information content (AvgIpc) is 3.30. The van der Waals surface area contributed by atoms with Crippen LogP contribution in [0, 0.1) is 6.92 Å².